The van der Waals surface area contributed by atoms with E-state index >= 15 is 0 Å². The number of amides is 2. The molecule has 0 unspecified atom stereocenters. The van der Waals surface area contributed by atoms with Gasteiger partial charge in [0.2, 0.25) is 0 Å². The summed E-state index contributed by atoms with van der Waals surface area (Å²) in [5.74, 6) is -1.30. The average Bonchev–Trinajstić information content (AvgIpc) is 2.35. The smallest absolute Gasteiger partial charge is 0.426 e. The summed E-state index contributed by atoms with van der Waals surface area (Å²) < 4.78 is 23.4. The van der Waals surface area contributed by atoms with Crippen molar-refractivity contribution in [3.63, 3.8) is 0 Å². The van der Waals surface area contributed by atoms with Crippen LogP contribution in [0.3, 0.4) is 0 Å². The first-order chi connectivity index (χ1) is 9.02. The van der Waals surface area contributed by atoms with Crippen LogP contribution in [0.5, 0.6) is 5.75 Å². The van der Waals surface area contributed by atoms with Gasteiger partial charge in [-0.25, -0.2) is 14.6 Å². The third kappa shape index (κ3) is 5.56. The monoisotopic (exact) mass is 334 g/mol. The van der Waals surface area contributed by atoms with E-state index in [4.69, 9.17) is 4.74 Å². The van der Waals surface area contributed by atoms with Crippen LogP contribution in [-0.4, -0.2) is 25.2 Å². The third-order valence-corrected chi connectivity index (χ3v) is 2.33. The Morgan fingerprint density at radius 1 is 1.37 bits per heavy atom. The summed E-state index contributed by atoms with van der Waals surface area (Å²) in [5, 5.41) is 0. The van der Waals surface area contributed by atoms with Crippen LogP contribution in [0.25, 0.3) is 0 Å². The average molecular weight is 335 g/mol. The number of carbonyl (C=O) groups is 2. The van der Waals surface area contributed by atoms with Crippen molar-refractivity contribution in [3.8, 4) is 5.75 Å². The Labute approximate surface area is 117 Å². The lowest BCUT2D eigenvalue weighted by Gasteiger charge is -2.09. The molecule has 0 fully saturated rings. The molecule has 0 spiro atoms. The zero-order valence-electron chi connectivity index (χ0n) is 10.0. The summed E-state index contributed by atoms with van der Waals surface area (Å²) in [5.41, 5.74) is 4.05. The highest BCUT2D eigenvalue weighted by Gasteiger charge is 2.08. The second-order valence-corrected chi connectivity index (χ2v) is 4.17. The summed E-state index contributed by atoms with van der Waals surface area (Å²) in [4.78, 5) is 22.1. The molecule has 8 heteroatoms. The van der Waals surface area contributed by atoms with E-state index in [0.29, 0.717) is 4.47 Å². The lowest BCUT2D eigenvalue weighted by atomic mass is 10.3. The molecule has 0 heterocycles. The molecule has 1 aromatic carbocycles. The molecule has 6 nitrogen and oxygen atoms in total. The number of hydrogen-bond donors (Lipinski definition) is 2. The van der Waals surface area contributed by atoms with Gasteiger partial charge in [0.15, 0.2) is 18.2 Å². The topological polar surface area (TPSA) is 76.7 Å². The highest BCUT2D eigenvalue weighted by Crippen LogP contribution is 2.21. The van der Waals surface area contributed by atoms with Gasteiger partial charge in [0, 0.05) is 4.47 Å². The summed E-state index contributed by atoms with van der Waals surface area (Å²) in [6.07, 6.45) is -0.786. The molecule has 0 saturated heterocycles. The predicted molar refractivity (Wildman–Crippen MR) is 67.9 cm³/mol. The second kappa shape index (κ2) is 7.57. The van der Waals surface area contributed by atoms with Gasteiger partial charge in [-0.2, -0.15) is 0 Å². The quantitative estimate of drug-likeness (QED) is 0.822. The highest BCUT2D eigenvalue weighted by molar-refractivity contribution is 9.10. The fourth-order valence-corrected chi connectivity index (χ4v) is 1.39. The van der Waals surface area contributed by atoms with Crippen molar-refractivity contribution in [2.45, 2.75) is 6.92 Å². The lowest BCUT2D eigenvalue weighted by Crippen LogP contribution is -2.44. The molecule has 0 aliphatic rings. The molecule has 104 valence electrons. The van der Waals surface area contributed by atoms with Crippen LogP contribution in [0.15, 0.2) is 22.7 Å². The third-order valence-electron chi connectivity index (χ3n) is 1.83. The fourth-order valence-electron chi connectivity index (χ4n) is 1.06. The summed E-state index contributed by atoms with van der Waals surface area (Å²) in [6, 6.07) is 4.17. The van der Waals surface area contributed by atoms with Crippen LogP contribution >= 0.6 is 15.9 Å². The number of carbonyl (C=O) groups excluding carboxylic acids is 2. The van der Waals surface area contributed by atoms with E-state index in [1.165, 1.54) is 12.1 Å². The van der Waals surface area contributed by atoms with E-state index in [1.54, 1.807) is 13.0 Å². The van der Waals surface area contributed by atoms with Crippen molar-refractivity contribution >= 4 is 27.9 Å². The fraction of sp³-hybridized carbons (Fsp3) is 0.273. The number of benzene rings is 1. The van der Waals surface area contributed by atoms with Crippen LogP contribution in [-0.2, 0) is 9.53 Å². The van der Waals surface area contributed by atoms with Crippen molar-refractivity contribution in [2.24, 2.45) is 0 Å². The first-order valence-corrected chi connectivity index (χ1v) is 6.11. The van der Waals surface area contributed by atoms with Gasteiger partial charge in [0.1, 0.15) is 0 Å². The van der Waals surface area contributed by atoms with Gasteiger partial charge in [0.05, 0.1) is 6.61 Å². The van der Waals surface area contributed by atoms with Gasteiger partial charge in [-0.3, -0.25) is 10.2 Å². The van der Waals surface area contributed by atoms with Crippen molar-refractivity contribution in [1.29, 1.82) is 0 Å². The Hall–Kier alpha value is -1.83. The zero-order chi connectivity index (χ0) is 14.3. The number of halogens is 2. The van der Waals surface area contributed by atoms with Gasteiger partial charge in [0.25, 0.3) is 5.91 Å². The Morgan fingerprint density at radius 3 is 2.74 bits per heavy atom. The molecule has 0 aliphatic carbocycles. The van der Waals surface area contributed by atoms with Gasteiger partial charge in [-0.05, 0) is 25.1 Å². The largest absolute Gasteiger partial charge is 0.481 e. The van der Waals surface area contributed by atoms with E-state index in [2.05, 4.69) is 20.7 Å². The van der Waals surface area contributed by atoms with E-state index < -0.39 is 24.4 Å². The van der Waals surface area contributed by atoms with Crippen molar-refractivity contribution in [1.82, 2.24) is 10.9 Å². The van der Waals surface area contributed by atoms with Gasteiger partial charge in [-0.1, -0.05) is 15.9 Å². The van der Waals surface area contributed by atoms with Crippen LogP contribution in [0.2, 0.25) is 0 Å². The van der Waals surface area contributed by atoms with Crippen LogP contribution in [0.4, 0.5) is 9.18 Å². The molecule has 1 aromatic rings. The highest BCUT2D eigenvalue weighted by atomic mass is 79.9. The number of nitrogens with one attached hydrogen (secondary N) is 2. The summed E-state index contributed by atoms with van der Waals surface area (Å²) >= 11 is 3.10. The summed E-state index contributed by atoms with van der Waals surface area (Å²) in [7, 11) is 0. The number of ether oxygens (including phenoxy) is 2. The van der Waals surface area contributed by atoms with Crippen LogP contribution in [0.1, 0.15) is 6.92 Å². The normalized spacial score (nSPS) is 9.63. The van der Waals surface area contributed by atoms with Crippen LogP contribution in [0, 0.1) is 5.82 Å². The maximum atomic E-state index is 13.3. The lowest BCUT2D eigenvalue weighted by molar-refractivity contribution is -0.124. The minimum Gasteiger partial charge on any atom is -0.481 e. The van der Waals surface area contributed by atoms with Gasteiger partial charge >= 0.3 is 6.09 Å². The molecule has 0 radical (unpaired) electrons. The minimum atomic E-state index is -0.786. The standard InChI is InChI=1S/C11H12BrFN2O4/c1-2-18-11(17)15-14-10(16)6-19-9-4-3-7(12)5-8(9)13/h3-5H,2,6H2,1H3,(H,14,16)(H,15,17). The zero-order valence-corrected chi connectivity index (χ0v) is 11.6. The Bertz CT molecular complexity index is 470. The van der Waals surface area contributed by atoms with Gasteiger partial charge in [-0.15, -0.1) is 0 Å². The molecule has 0 atom stereocenters. The van der Waals surface area contributed by atoms with Gasteiger partial charge < -0.3 is 9.47 Å². The van der Waals surface area contributed by atoms with E-state index in [0.717, 1.165) is 0 Å². The molecular formula is C11H12BrFN2O4. The number of rotatable bonds is 4. The Balaban J connectivity index is 2.36. The predicted octanol–water partition coefficient (Wildman–Crippen LogP) is 1.74. The molecule has 0 bridgehead atoms. The first-order valence-electron chi connectivity index (χ1n) is 5.32. The van der Waals surface area contributed by atoms with Crippen molar-refractivity contribution in [3.05, 3.63) is 28.5 Å². The Kier molecular flexibility index (Phi) is 6.07. The number of hydrazine groups is 1. The van der Waals surface area contributed by atoms with E-state index in [9.17, 15) is 14.0 Å². The maximum Gasteiger partial charge on any atom is 0.426 e. The second-order valence-electron chi connectivity index (χ2n) is 3.26. The molecule has 0 saturated carbocycles. The molecule has 0 aliphatic heterocycles. The van der Waals surface area contributed by atoms with Crippen molar-refractivity contribution in [2.75, 3.05) is 13.2 Å². The molecule has 2 amide bonds. The minimum absolute atomic E-state index is 0.0607. The Morgan fingerprint density at radius 2 is 2.11 bits per heavy atom. The van der Waals surface area contributed by atoms with E-state index in [-0.39, 0.29) is 12.4 Å². The molecule has 19 heavy (non-hydrogen) atoms. The SMILES string of the molecule is CCOC(=O)NNC(=O)COc1ccc(Br)cc1F. The molecule has 2 N–H and O–H groups in total. The summed E-state index contributed by atoms with van der Waals surface area (Å²) in [6.45, 7) is 1.37. The van der Waals surface area contributed by atoms with Crippen molar-refractivity contribution < 1.29 is 23.5 Å². The van der Waals surface area contributed by atoms with Crippen LogP contribution < -0.4 is 15.6 Å². The molecule has 1 rings (SSSR count). The maximum absolute atomic E-state index is 13.3. The van der Waals surface area contributed by atoms with E-state index in [1.807, 2.05) is 10.9 Å². The number of hydrogen-bond acceptors (Lipinski definition) is 4. The molecular weight excluding hydrogens is 323 g/mol. The molecule has 0 aromatic heterocycles. The first kappa shape index (κ1) is 15.2.